The smallest absolute Gasteiger partial charge is 0.241 e. The zero-order valence-electron chi connectivity index (χ0n) is 13.8. The van der Waals surface area contributed by atoms with Crippen LogP contribution in [-0.2, 0) is 20.6 Å². The van der Waals surface area contributed by atoms with E-state index in [0.717, 1.165) is 15.8 Å². The number of nitrogens with one attached hydrogen (secondary N) is 1. The highest BCUT2D eigenvalue weighted by atomic mass is 79.9. The fraction of sp³-hybridized carbons (Fsp3) is 0.278. The van der Waals surface area contributed by atoms with Crippen LogP contribution in [0.1, 0.15) is 23.6 Å². The number of halogens is 1. The van der Waals surface area contributed by atoms with E-state index in [1.807, 2.05) is 24.3 Å². The van der Waals surface area contributed by atoms with Crippen molar-refractivity contribution >= 4 is 37.5 Å². The first-order valence-electron chi connectivity index (χ1n) is 8.24. The van der Waals surface area contributed by atoms with E-state index in [-0.39, 0.29) is 24.2 Å². The standard InChI is InChI=1S/C18H17BrN2O4S/c19-13-5-6-16-12(9-13)11-26(23,24)21(16)10-18(22)20-15-7-8-25-17-4-2-1-3-14(15)17/h1-6,9,15H,7-8,10-11H2,(H,20,22). The van der Waals surface area contributed by atoms with Crippen LogP contribution in [0.2, 0.25) is 0 Å². The predicted octanol–water partition coefficient (Wildman–Crippen LogP) is 2.74. The van der Waals surface area contributed by atoms with Crippen molar-refractivity contribution in [3.63, 3.8) is 0 Å². The van der Waals surface area contributed by atoms with Crippen LogP contribution in [0.4, 0.5) is 5.69 Å². The highest BCUT2D eigenvalue weighted by molar-refractivity contribution is 9.10. The number of ether oxygens (including phenoxy) is 1. The Morgan fingerprint density at radius 1 is 1.27 bits per heavy atom. The monoisotopic (exact) mass is 436 g/mol. The molecular weight excluding hydrogens is 420 g/mol. The predicted molar refractivity (Wildman–Crippen MR) is 102 cm³/mol. The number of sulfonamides is 1. The van der Waals surface area contributed by atoms with Gasteiger partial charge in [-0.3, -0.25) is 9.10 Å². The fourth-order valence-electron chi connectivity index (χ4n) is 3.38. The van der Waals surface area contributed by atoms with Gasteiger partial charge in [0, 0.05) is 16.5 Å². The normalized spacial score (nSPS) is 20.0. The molecule has 0 radical (unpaired) electrons. The van der Waals surface area contributed by atoms with Crippen LogP contribution in [-0.4, -0.2) is 27.5 Å². The molecule has 4 rings (SSSR count). The van der Waals surface area contributed by atoms with E-state index in [1.165, 1.54) is 4.31 Å². The van der Waals surface area contributed by atoms with Gasteiger partial charge in [-0.25, -0.2) is 8.42 Å². The van der Waals surface area contributed by atoms with Gasteiger partial charge in [0.2, 0.25) is 15.9 Å². The lowest BCUT2D eigenvalue weighted by Gasteiger charge is -2.27. The topological polar surface area (TPSA) is 75.7 Å². The van der Waals surface area contributed by atoms with Crippen molar-refractivity contribution in [2.24, 2.45) is 0 Å². The summed E-state index contributed by atoms with van der Waals surface area (Å²) in [6.07, 6.45) is 0.652. The minimum absolute atomic E-state index is 0.0881. The third kappa shape index (κ3) is 3.19. The minimum Gasteiger partial charge on any atom is -0.493 e. The van der Waals surface area contributed by atoms with E-state index in [0.29, 0.717) is 24.3 Å². The van der Waals surface area contributed by atoms with Crippen molar-refractivity contribution in [3.05, 3.63) is 58.1 Å². The molecule has 2 aromatic carbocycles. The number of anilines is 1. The Kier molecular flexibility index (Phi) is 4.40. The lowest BCUT2D eigenvalue weighted by atomic mass is 10.0. The molecule has 1 atom stereocenters. The van der Waals surface area contributed by atoms with Crippen LogP contribution in [0, 0.1) is 0 Å². The van der Waals surface area contributed by atoms with E-state index >= 15 is 0 Å². The molecule has 8 heteroatoms. The van der Waals surface area contributed by atoms with E-state index in [1.54, 1.807) is 18.2 Å². The van der Waals surface area contributed by atoms with Gasteiger partial charge in [-0.1, -0.05) is 34.1 Å². The summed E-state index contributed by atoms with van der Waals surface area (Å²) in [5.74, 6) is 0.342. The van der Waals surface area contributed by atoms with Crippen LogP contribution >= 0.6 is 15.9 Å². The first kappa shape index (κ1) is 17.4. The summed E-state index contributed by atoms with van der Waals surface area (Å²) < 4.78 is 32.5. The SMILES string of the molecule is O=C(CN1c2ccc(Br)cc2CS1(=O)=O)NC1CCOc2ccccc21. The third-order valence-electron chi connectivity index (χ3n) is 4.56. The van der Waals surface area contributed by atoms with E-state index in [4.69, 9.17) is 4.74 Å². The maximum absolute atomic E-state index is 12.6. The van der Waals surface area contributed by atoms with E-state index in [2.05, 4.69) is 21.2 Å². The molecule has 1 unspecified atom stereocenters. The molecule has 2 aromatic rings. The molecule has 136 valence electrons. The van der Waals surface area contributed by atoms with Gasteiger partial charge in [0.1, 0.15) is 12.3 Å². The number of carbonyl (C=O) groups excluding carboxylic acids is 1. The van der Waals surface area contributed by atoms with Gasteiger partial charge in [0.15, 0.2) is 0 Å². The first-order valence-corrected chi connectivity index (χ1v) is 10.6. The van der Waals surface area contributed by atoms with Crippen molar-refractivity contribution in [2.75, 3.05) is 17.5 Å². The number of nitrogens with zero attached hydrogens (tertiary/aromatic N) is 1. The van der Waals surface area contributed by atoms with Crippen molar-refractivity contribution < 1.29 is 17.9 Å². The largest absolute Gasteiger partial charge is 0.493 e. The Balaban J connectivity index is 1.53. The average molecular weight is 437 g/mol. The lowest BCUT2D eigenvalue weighted by molar-refractivity contribution is -0.120. The zero-order valence-corrected chi connectivity index (χ0v) is 16.2. The Bertz CT molecular complexity index is 977. The Morgan fingerprint density at radius 2 is 2.08 bits per heavy atom. The summed E-state index contributed by atoms with van der Waals surface area (Å²) in [5, 5.41) is 2.95. The quantitative estimate of drug-likeness (QED) is 0.802. The molecular formula is C18H17BrN2O4S. The van der Waals surface area contributed by atoms with Gasteiger partial charge in [-0.15, -0.1) is 0 Å². The van der Waals surface area contributed by atoms with Gasteiger partial charge in [-0.2, -0.15) is 0 Å². The maximum Gasteiger partial charge on any atom is 0.241 e. The van der Waals surface area contributed by atoms with Crippen LogP contribution in [0.3, 0.4) is 0 Å². The van der Waals surface area contributed by atoms with Crippen molar-refractivity contribution in [3.8, 4) is 5.75 Å². The number of benzene rings is 2. The second-order valence-corrected chi connectivity index (χ2v) is 9.14. The molecule has 2 aliphatic heterocycles. The molecule has 2 aliphatic rings. The van der Waals surface area contributed by atoms with Gasteiger partial charge >= 0.3 is 0 Å². The molecule has 0 fully saturated rings. The molecule has 0 bridgehead atoms. The summed E-state index contributed by atoms with van der Waals surface area (Å²) in [6.45, 7) is 0.289. The molecule has 26 heavy (non-hydrogen) atoms. The third-order valence-corrected chi connectivity index (χ3v) is 6.73. The van der Waals surface area contributed by atoms with Gasteiger partial charge in [0.25, 0.3) is 0 Å². The lowest BCUT2D eigenvalue weighted by Crippen LogP contribution is -2.41. The molecule has 6 nitrogen and oxygen atoms in total. The zero-order chi connectivity index (χ0) is 18.3. The Hall–Kier alpha value is -2.06. The van der Waals surface area contributed by atoms with E-state index in [9.17, 15) is 13.2 Å². The first-order chi connectivity index (χ1) is 12.4. The second-order valence-electron chi connectivity index (χ2n) is 6.33. The minimum atomic E-state index is -3.53. The fourth-order valence-corrected chi connectivity index (χ4v) is 5.36. The number of para-hydroxylation sites is 1. The molecule has 0 saturated heterocycles. The van der Waals surface area contributed by atoms with Crippen LogP contribution in [0.25, 0.3) is 0 Å². The molecule has 0 aromatic heterocycles. The van der Waals surface area contributed by atoms with E-state index < -0.39 is 10.0 Å². The molecule has 2 heterocycles. The maximum atomic E-state index is 12.6. The summed E-state index contributed by atoms with van der Waals surface area (Å²) in [6, 6.07) is 12.7. The van der Waals surface area contributed by atoms with Gasteiger partial charge < -0.3 is 10.1 Å². The number of hydrogen-bond acceptors (Lipinski definition) is 4. The number of rotatable bonds is 3. The van der Waals surface area contributed by atoms with Crippen LogP contribution in [0.5, 0.6) is 5.75 Å². The molecule has 1 amide bonds. The van der Waals surface area contributed by atoms with Crippen molar-refractivity contribution in [1.29, 1.82) is 0 Å². The highest BCUT2D eigenvalue weighted by Crippen LogP contribution is 2.35. The van der Waals surface area contributed by atoms with Gasteiger partial charge in [-0.05, 0) is 29.8 Å². The van der Waals surface area contributed by atoms with Gasteiger partial charge in [0.05, 0.1) is 24.1 Å². The van der Waals surface area contributed by atoms with Crippen LogP contribution in [0.15, 0.2) is 46.9 Å². The number of hydrogen-bond donors (Lipinski definition) is 1. The molecule has 0 aliphatic carbocycles. The molecule has 1 N–H and O–H groups in total. The molecule has 0 saturated carbocycles. The second kappa shape index (κ2) is 6.59. The highest BCUT2D eigenvalue weighted by Gasteiger charge is 2.35. The molecule has 0 spiro atoms. The summed E-state index contributed by atoms with van der Waals surface area (Å²) >= 11 is 3.35. The Labute approximate surface area is 160 Å². The summed E-state index contributed by atoms with van der Waals surface area (Å²) in [7, 11) is -3.53. The number of fused-ring (bicyclic) bond motifs is 2. The average Bonchev–Trinajstić information content (AvgIpc) is 2.84. The number of carbonyl (C=O) groups is 1. The summed E-state index contributed by atoms with van der Waals surface area (Å²) in [5.41, 5.74) is 2.18. The van der Waals surface area contributed by atoms with Crippen molar-refractivity contribution in [2.45, 2.75) is 18.2 Å². The number of amides is 1. The summed E-state index contributed by atoms with van der Waals surface area (Å²) in [4.78, 5) is 12.6. The van der Waals surface area contributed by atoms with Crippen molar-refractivity contribution in [1.82, 2.24) is 5.32 Å². The van der Waals surface area contributed by atoms with Crippen LogP contribution < -0.4 is 14.4 Å². The Morgan fingerprint density at radius 3 is 2.92 bits per heavy atom.